The molecule has 0 radical (unpaired) electrons. The summed E-state index contributed by atoms with van der Waals surface area (Å²) in [6, 6.07) is 6.70. The van der Waals surface area contributed by atoms with Crippen LogP contribution in [0.2, 0.25) is 0 Å². The number of hydrogen-bond donors (Lipinski definition) is 1. The van der Waals surface area contributed by atoms with E-state index in [2.05, 4.69) is 21.9 Å². The lowest BCUT2D eigenvalue weighted by Gasteiger charge is -2.43. The molecule has 2 atom stereocenters. The average Bonchev–Trinajstić information content (AvgIpc) is 3.22. The Labute approximate surface area is 166 Å². The van der Waals surface area contributed by atoms with Crippen LogP contribution in [0.5, 0.6) is 11.5 Å². The number of nitrogens with zero attached hydrogens (tertiary/aromatic N) is 3. The molecular formula is C22H27N3O3. The van der Waals surface area contributed by atoms with Gasteiger partial charge in [-0.15, -0.1) is 6.42 Å². The van der Waals surface area contributed by atoms with E-state index >= 15 is 0 Å². The van der Waals surface area contributed by atoms with Crippen molar-refractivity contribution < 1.29 is 14.6 Å². The fourth-order valence-electron chi connectivity index (χ4n) is 4.83. The van der Waals surface area contributed by atoms with Crippen LogP contribution in [-0.2, 0) is 19.2 Å². The number of terminal acetylenes is 1. The number of fused-ring (bicyclic) bond motifs is 2. The highest BCUT2D eigenvalue weighted by atomic mass is 16.5. The lowest BCUT2D eigenvalue weighted by atomic mass is 9.85. The second kappa shape index (κ2) is 7.50. The van der Waals surface area contributed by atoms with Gasteiger partial charge >= 0.3 is 0 Å². The zero-order valence-corrected chi connectivity index (χ0v) is 16.5. The first-order valence-corrected chi connectivity index (χ1v) is 9.73. The Morgan fingerprint density at radius 3 is 2.64 bits per heavy atom. The molecule has 2 bridgehead atoms. The van der Waals surface area contributed by atoms with Gasteiger partial charge in [-0.2, -0.15) is 0 Å². The Hall–Kier alpha value is -2.49. The molecule has 4 rings (SSSR count). The summed E-state index contributed by atoms with van der Waals surface area (Å²) in [5.74, 6) is 4.61. The predicted molar refractivity (Wildman–Crippen MR) is 106 cm³/mol. The number of ether oxygens (including phenoxy) is 2. The monoisotopic (exact) mass is 381 g/mol. The molecule has 0 aliphatic carbocycles. The van der Waals surface area contributed by atoms with Crippen molar-refractivity contribution >= 4 is 0 Å². The third-order valence-corrected chi connectivity index (χ3v) is 6.06. The number of piperidine rings is 1. The van der Waals surface area contributed by atoms with Crippen LogP contribution in [0.25, 0.3) is 0 Å². The van der Waals surface area contributed by atoms with Crippen molar-refractivity contribution in [2.75, 3.05) is 13.7 Å². The molecule has 1 aromatic heterocycles. The van der Waals surface area contributed by atoms with E-state index in [1.165, 1.54) is 5.56 Å². The topological polar surface area (TPSA) is 59.8 Å². The van der Waals surface area contributed by atoms with Gasteiger partial charge in [-0.3, -0.25) is 4.90 Å². The fourth-order valence-corrected chi connectivity index (χ4v) is 4.83. The summed E-state index contributed by atoms with van der Waals surface area (Å²) in [6.45, 7) is 1.05. The normalized spacial score (nSPS) is 26.8. The van der Waals surface area contributed by atoms with Gasteiger partial charge in [0.2, 0.25) is 0 Å². The molecule has 0 spiro atoms. The molecule has 3 heterocycles. The lowest BCUT2D eigenvalue weighted by Crippen LogP contribution is -2.50. The van der Waals surface area contributed by atoms with Gasteiger partial charge in [0.05, 0.1) is 7.11 Å². The van der Waals surface area contributed by atoms with Crippen LogP contribution in [0.4, 0.5) is 0 Å². The average molecular weight is 381 g/mol. The van der Waals surface area contributed by atoms with Crippen LogP contribution in [0.15, 0.2) is 30.6 Å². The Morgan fingerprint density at radius 1 is 1.29 bits per heavy atom. The van der Waals surface area contributed by atoms with E-state index in [1.54, 1.807) is 13.3 Å². The first kappa shape index (κ1) is 18.9. The quantitative estimate of drug-likeness (QED) is 0.779. The van der Waals surface area contributed by atoms with Crippen LogP contribution in [-0.4, -0.2) is 45.4 Å². The molecular weight excluding hydrogens is 354 g/mol. The van der Waals surface area contributed by atoms with Crippen molar-refractivity contribution in [3.05, 3.63) is 42.0 Å². The van der Waals surface area contributed by atoms with Gasteiger partial charge in [0, 0.05) is 38.1 Å². The van der Waals surface area contributed by atoms with Crippen molar-refractivity contribution in [2.45, 2.75) is 49.9 Å². The molecule has 0 amide bonds. The number of methoxy groups -OCH3 is 1. The van der Waals surface area contributed by atoms with Crippen molar-refractivity contribution in [3.63, 3.8) is 0 Å². The number of aryl methyl sites for hydroxylation is 1. The minimum absolute atomic E-state index is 0.220. The molecule has 2 unspecified atom stereocenters. The van der Waals surface area contributed by atoms with E-state index in [4.69, 9.17) is 15.9 Å². The first-order chi connectivity index (χ1) is 13.5. The maximum atomic E-state index is 11.3. The van der Waals surface area contributed by atoms with Gasteiger partial charge in [-0.05, 0) is 43.4 Å². The second-order valence-electron chi connectivity index (χ2n) is 7.84. The van der Waals surface area contributed by atoms with E-state index in [9.17, 15) is 5.11 Å². The summed E-state index contributed by atoms with van der Waals surface area (Å²) in [5.41, 5.74) is 0.329. The molecule has 0 saturated carbocycles. The molecule has 1 aromatic carbocycles. The summed E-state index contributed by atoms with van der Waals surface area (Å²) in [5, 5.41) is 11.3. The van der Waals surface area contributed by atoms with Gasteiger partial charge in [0.15, 0.2) is 11.5 Å². The zero-order valence-electron chi connectivity index (χ0n) is 16.5. The highest BCUT2D eigenvalue weighted by Gasteiger charge is 2.49. The summed E-state index contributed by atoms with van der Waals surface area (Å²) < 4.78 is 13.0. The molecule has 6 heteroatoms. The molecule has 1 N–H and O–H groups in total. The maximum absolute atomic E-state index is 11.3. The van der Waals surface area contributed by atoms with Gasteiger partial charge in [-0.1, -0.05) is 12.0 Å². The fraction of sp³-hybridized carbons (Fsp3) is 0.500. The van der Waals surface area contributed by atoms with Gasteiger partial charge < -0.3 is 19.1 Å². The van der Waals surface area contributed by atoms with Crippen LogP contribution in [0.3, 0.4) is 0 Å². The molecule has 2 aliphatic rings. The van der Waals surface area contributed by atoms with E-state index in [1.807, 2.05) is 29.9 Å². The van der Waals surface area contributed by atoms with Crippen molar-refractivity contribution in [1.29, 1.82) is 0 Å². The van der Waals surface area contributed by atoms with E-state index in [0.29, 0.717) is 23.6 Å². The Kier molecular flexibility index (Phi) is 5.05. The third kappa shape index (κ3) is 3.36. The van der Waals surface area contributed by atoms with E-state index in [0.717, 1.165) is 38.1 Å². The number of imidazole rings is 1. The predicted octanol–water partition coefficient (Wildman–Crippen LogP) is 2.46. The third-order valence-electron chi connectivity index (χ3n) is 6.06. The van der Waals surface area contributed by atoms with Gasteiger partial charge in [0.25, 0.3) is 0 Å². The molecule has 2 aromatic rings. The van der Waals surface area contributed by atoms with Crippen molar-refractivity contribution in [2.24, 2.45) is 7.05 Å². The van der Waals surface area contributed by atoms with Crippen LogP contribution >= 0.6 is 0 Å². The Bertz CT molecular complexity index is 871. The highest BCUT2D eigenvalue weighted by molar-refractivity contribution is 5.43. The minimum Gasteiger partial charge on any atom is -0.493 e. The SMILES string of the molecule is C#CCOc1ccc(CN2C3CCC2CC(O)(c2nccn2C)C3)cc1OC. The second-order valence-corrected chi connectivity index (χ2v) is 7.84. The molecule has 28 heavy (non-hydrogen) atoms. The van der Waals surface area contributed by atoms with E-state index in [-0.39, 0.29) is 6.61 Å². The number of benzene rings is 1. The number of rotatable bonds is 6. The molecule has 2 saturated heterocycles. The minimum atomic E-state index is -0.842. The summed E-state index contributed by atoms with van der Waals surface area (Å²) in [7, 11) is 3.59. The largest absolute Gasteiger partial charge is 0.493 e. The van der Waals surface area contributed by atoms with Crippen molar-refractivity contribution in [3.8, 4) is 23.8 Å². The van der Waals surface area contributed by atoms with E-state index < -0.39 is 5.60 Å². The summed E-state index contributed by atoms with van der Waals surface area (Å²) in [4.78, 5) is 6.95. The summed E-state index contributed by atoms with van der Waals surface area (Å²) >= 11 is 0. The Balaban J connectivity index is 1.50. The van der Waals surface area contributed by atoms with Gasteiger partial charge in [0.1, 0.15) is 18.0 Å². The maximum Gasteiger partial charge on any atom is 0.162 e. The van der Waals surface area contributed by atoms with Gasteiger partial charge in [-0.25, -0.2) is 4.98 Å². The standard InChI is InChI=1S/C22H27N3O3/c1-4-11-28-19-8-5-16(12-20(19)27-3)15-25-17-6-7-18(25)14-22(26,13-17)21-23-9-10-24(21)2/h1,5,8-10,12,17-18,26H,6-7,11,13-15H2,2-3H3. The van der Waals surface area contributed by atoms with Crippen LogP contribution < -0.4 is 9.47 Å². The molecule has 6 nitrogen and oxygen atoms in total. The molecule has 2 aliphatic heterocycles. The number of aliphatic hydroxyl groups is 1. The lowest BCUT2D eigenvalue weighted by molar-refractivity contribution is -0.0669. The Morgan fingerprint density at radius 2 is 2.04 bits per heavy atom. The molecule has 2 fully saturated rings. The smallest absolute Gasteiger partial charge is 0.162 e. The summed E-state index contributed by atoms with van der Waals surface area (Å²) in [6.07, 6.45) is 12.6. The molecule has 148 valence electrons. The van der Waals surface area contributed by atoms with Crippen molar-refractivity contribution in [1.82, 2.24) is 14.5 Å². The van der Waals surface area contributed by atoms with Crippen LogP contribution in [0, 0.1) is 12.3 Å². The highest BCUT2D eigenvalue weighted by Crippen LogP contribution is 2.46. The first-order valence-electron chi connectivity index (χ1n) is 9.73. The zero-order chi connectivity index (χ0) is 19.7. The number of aromatic nitrogens is 2. The van der Waals surface area contributed by atoms with Crippen LogP contribution in [0.1, 0.15) is 37.1 Å². The number of hydrogen-bond acceptors (Lipinski definition) is 5.